The number of rotatable bonds is 5. The van der Waals surface area contributed by atoms with Gasteiger partial charge in [-0.1, -0.05) is 24.8 Å². The molecule has 5 heteroatoms. The first kappa shape index (κ1) is 14.7. The van der Waals surface area contributed by atoms with Gasteiger partial charge in [-0.25, -0.2) is 0 Å². The summed E-state index contributed by atoms with van der Waals surface area (Å²) >= 11 is 0. The number of H-pyrrole nitrogens is 1. The Labute approximate surface area is 133 Å². The number of para-hydroxylation sites is 2. The van der Waals surface area contributed by atoms with Gasteiger partial charge in [-0.15, -0.1) is 0 Å². The summed E-state index contributed by atoms with van der Waals surface area (Å²) in [6, 6.07) is 14.5. The van der Waals surface area contributed by atoms with Crippen LogP contribution in [0.1, 0.15) is 10.5 Å². The van der Waals surface area contributed by atoms with E-state index >= 15 is 0 Å². The molecular formula is C18H17N3O2. The number of nitrogens with one attached hydrogen (secondary N) is 2. The van der Waals surface area contributed by atoms with E-state index in [1.54, 1.807) is 24.3 Å². The Kier molecular flexibility index (Phi) is 4.01. The SMILES string of the molecule is C=CCOc1ccc2[nH]c(C(=O)Nc3ccccc3N)cc2c1. The van der Waals surface area contributed by atoms with Crippen molar-refractivity contribution in [1.82, 2.24) is 4.98 Å². The molecule has 1 aromatic heterocycles. The summed E-state index contributed by atoms with van der Waals surface area (Å²) in [4.78, 5) is 15.4. The fourth-order valence-corrected chi connectivity index (χ4v) is 2.28. The number of fused-ring (bicyclic) bond motifs is 1. The summed E-state index contributed by atoms with van der Waals surface area (Å²) in [5.74, 6) is 0.489. The monoisotopic (exact) mass is 307 g/mol. The maximum atomic E-state index is 12.4. The smallest absolute Gasteiger partial charge is 0.272 e. The average molecular weight is 307 g/mol. The number of ether oxygens (including phenoxy) is 1. The molecule has 116 valence electrons. The second-order valence-corrected chi connectivity index (χ2v) is 5.07. The molecule has 2 aromatic carbocycles. The van der Waals surface area contributed by atoms with Crippen LogP contribution in [0.2, 0.25) is 0 Å². The molecule has 3 aromatic rings. The van der Waals surface area contributed by atoms with E-state index in [1.807, 2.05) is 30.3 Å². The molecule has 0 radical (unpaired) electrons. The average Bonchev–Trinajstić information content (AvgIpc) is 2.98. The van der Waals surface area contributed by atoms with Crippen molar-refractivity contribution in [2.45, 2.75) is 0 Å². The molecule has 1 amide bonds. The predicted octanol–water partition coefficient (Wildman–Crippen LogP) is 3.57. The third kappa shape index (κ3) is 3.18. The van der Waals surface area contributed by atoms with Crippen LogP contribution in [0.4, 0.5) is 11.4 Å². The first-order valence-electron chi connectivity index (χ1n) is 7.19. The highest BCUT2D eigenvalue weighted by Crippen LogP contribution is 2.23. The Morgan fingerprint density at radius 1 is 1.26 bits per heavy atom. The minimum atomic E-state index is -0.243. The van der Waals surface area contributed by atoms with Crippen LogP contribution in [0.25, 0.3) is 10.9 Å². The second kappa shape index (κ2) is 6.27. The maximum absolute atomic E-state index is 12.4. The summed E-state index contributed by atoms with van der Waals surface area (Å²) in [7, 11) is 0. The van der Waals surface area contributed by atoms with Gasteiger partial charge < -0.3 is 20.8 Å². The number of aromatic nitrogens is 1. The van der Waals surface area contributed by atoms with Crippen LogP contribution in [-0.2, 0) is 0 Å². The third-order valence-corrected chi connectivity index (χ3v) is 3.41. The van der Waals surface area contributed by atoms with Crippen molar-refractivity contribution in [3.63, 3.8) is 0 Å². The van der Waals surface area contributed by atoms with Crippen molar-refractivity contribution in [2.75, 3.05) is 17.7 Å². The number of carbonyl (C=O) groups is 1. The Balaban J connectivity index is 1.83. The molecule has 0 fully saturated rings. The molecule has 5 nitrogen and oxygen atoms in total. The van der Waals surface area contributed by atoms with Gasteiger partial charge in [0.25, 0.3) is 5.91 Å². The number of aromatic amines is 1. The van der Waals surface area contributed by atoms with Gasteiger partial charge in [0, 0.05) is 10.9 Å². The minimum Gasteiger partial charge on any atom is -0.490 e. The molecule has 0 saturated carbocycles. The van der Waals surface area contributed by atoms with E-state index in [2.05, 4.69) is 16.9 Å². The van der Waals surface area contributed by atoms with Crippen LogP contribution in [-0.4, -0.2) is 17.5 Å². The molecule has 23 heavy (non-hydrogen) atoms. The Morgan fingerprint density at radius 3 is 2.87 bits per heavy atom. The number of hydrogen-bond acceptors (Lipinski definition) is 3. The van der Waals surface area contributed by atoms with Crippen LogP contribution in [0.3, 0.4) is 0 Å². The topological polar surface area (TPSA) is 80.1 Å². The minimum absolute atomic E-state index is 0.243. The standard InChI is InChI=1S/C18H17N3O2/c1-2-9-23-13-7-8-15-12(10-13)11-17(20-15)18(22)21-16-6-4-3-5-14(16)19/h2-8,10-11,20H,1,9,19H2,(H,21,22). The van der Waals surface area contributed by atoms with Crippen LogP contribution >= 0.6 is 0 Å². The van der Waals surface area contributed by atoms with Crippen molar-refractivity contribution in [3.8, 4) is 5.75 Å². The van der Waals surface area contributed by atoms with Crippen LogP contribution in [0.15, 0.2) is 61.2 Å². The summed E-state index contributed by atoms with van der Waals surface area (Å²) in [5, 5.41) is 3.70. The van der Waals surface area contributed by atoms with E-state index in [0.29, 0.717) is 23.7 Å². The van der Waals surface area contributed by atoms with E-state index < -0.39 is 0 Å². The van der Waals surface area contributed by atoms with E-state index in [9.17, 15) is 4.79 Å². The lowest BCUT2D eigenvalue weighted by Crippen LogP contribution is -2.13. The molecule has 0 atom stereocenters. The fraction of sp³-hybridized carbons (Fsp3) is 0.0556. The number of benzene rings is 2. The molecule has 0 saturated heterocycles. The zero-order valence-corrected chi connectivity index (χ0v) is 12.5. The van der Waals surface area contributed by atoms with Crippen molar-refractivity contribution in [2.24, 2.45) is 0 Å². The first-order chi connectivity index (χ1) is 11.2. The van der Waals surface area contributed by atoms with Crippen molar-refractivity contribution in [3.05, 3.63) is 66.9 Å². The van der Waals surface area contributed by atoms with Crippen LogP contribution < -0.4 is 15.8 Å². The van der Waals surface area contributed by atoms with E-state index in [1.165, 1.54) is 0 Å². The van der Waals surface area contributed by atoms with E-state index in [-0.39, 0.29) is 5.91 Å². The molecular weight excluding hydrogens is 290 g/mol. The highest BCUT2D eigenvalue weighted by molar-refractivity contribution is 6.07. The van der Waals surface area contributed by atoms with E-state index in [4.69, 9.17) is 10.5 Å². The highest BCUT2D eigenvalue weighted by atomic mass is 16.5. The molecule has 0 spiro atoms. The lowest BCUT2D eigenvalue weighted by molar-refractivity contribution is 0.102. The van der Waals surface area contributed by atoms with Crippen molar-refractivity contribution >= 4 is 28.2 Å². The predicted molar refractivity (Wildman–Crippen MR) is 92.8 cm³/mol. The largest absolute Gasteiger partial charge is 0.490 e. The zero-order chi connectivity index (χ0) is 16.2. The number of nitrogens with two attached hydrogens (primary N) is 1. The first-order valence-corrected chi connectivity index (χ1v) is 7.19. The number of anilines is 2. The molecule has 0 aliphatic rings. The summed E-state index contributed by atoms with van der Waals surface area (Å²) in [6.45, 7) is 4.06. The second-order valence-electron chi connectivity index (χ2n) is 5.07. The molecule has 4 N–H and O–H groups in total. The molecule has 3 rings (SSSR count). The quantitative estimate of drug-likeness (QED) is 0.498. The Bertz CT molecular complexity index is 868. The Morgan fingerprint density at radius 2 is 2.09 bits per heavy atom. The third-order valence-electron chi connectivity index (χ3n) is 3.41. The fourth-order valence-electron chi connectivity index (χ4n) is 2.28. The van der Waals surface area contributed by atoms with E-state index in [0.717, 1.165) is 16.7 Å². The summed E-state index contributed by atoms with van der Waals surface area (Å²) in [5.41, 5.74) is 8.28. The lowest BCUT2D eigenvalue weighted by Gasteiger charge is -2.06. The molecule has 0 unspecified atom stereocenters. The van der Waals surface area contributed by atoms with Gasteiger partial charge in [0.05, 0.1) is 11.4 Å². The number of amides is 1. The molecule has 1 heterocycles. The van der Waals surface area contributed by atoms with Crippen molar-refractivity contribution < 1.29 is 9.53 Å². The normalized spacial score (nSPS) is 10.4. The van der Waals surface area contributed by atoms with Gasteiger partial charge >= 0.3 is 0 Å². The summed E-state index contributed by atoms with van der Waals surface area (Å²) < 4.78 is 5.50. The number of nitrogen functional groups attached to an aromatic ring is 1. The van der Waals surface area contributed by atoms with Gasteiger partial charge in [0.1, 0.15) is 18.1 Å². The molecule has 0 bridgehead atoms. The number of hydrogen-bond donors (Lipinski definition) is 3. The Hall–Kier alpha value is -3.21. The van der Waals surface area contributed by atoms with Gasteiger partial charge in [-0.3, -0.25) is 4.79 Å². The van der Waals surface area contributed by atoms with Gasteiger partial charge in [-0.05, 0) is 36.4 Å². The molecule has 0 aliphatic heterocycles. The summed E-state index contributed by atoms with van der Waals surface area (Å²) in [6.07, 6.45) is 1.68. The highest BCUT2D eigenvalue weighted by Gasteiger charge is 2.11. The number of carbonyl (C=O) groups excluding carboxylic acids is 1. The van der Waals surface area contributed by atoms with Crippen molar-refractivity contribution in [1.29, 1.82) is 0 Å². The zero-order valence-electron chi connectivity index (χ0n) is 12.5. The maximum Gasteiger partial charge on any atom is 0.272 e. The van der Waals surface area contributed by atoms with Gasteiger partial charge in [-0.2, -0.15) is 0 Å². The molecule has 0 aliphatic carbocycles. The van der Waals surface area contributed by atoms with Gasteiger partial charge in [0.15, 0.2) is 0 Å². The van der Waals surface area contributed by atoms with Gasteiger partial charge in [0.2, 0.25) is 0 Å². The van der Waals surface area contributed by atoms with Crippen LogP contribution in [0.5, 0.6) is 5.75 Å². The van der Waals surface area contributed by atoms with Crippen LogP contribution in [0, 0.1) is 0 Å². The lowest BCUT2D eigenvalue weighted by atomic mass is 10.2.